The maximum atomic E-state index is 11.6. The average Bonchev–Trinajstić information content (AvgIpc) is 3.30. The fourth-order valence-corrected chi connectivity index (χ4v) is 2.48. The fraction of sp³-hybridized carbons (Fsp3) is 0.333. The van der Waals surface area contributed by atoms with Gasteiger partial charge in [0, 0.05) is 17.5 Å². The maximum Gasteiger partial charge on any atom is 0.315 e. The summed E-state index contributed by atoms with van der Waals surface area (Å²) in [4.78, 5) is 34.0. The summed E-state index contributed by atoms with van der Waals surface area (Å²) in [5, 5.41) is 6.73. The summed E-state index contributed by atoms with van der Waals surface area (Å²) in [6.07, 6.45) is 0.517. The standard InChI is InChI=1S/C15H15N3O4/c1-22-13(20)7-12(19)16-9-4-2-8(3-5-9)14-10-6-11(10)15(21)18-17-14/h2-5,10-11H,6-7H2,1H3,(H,16,19)(H,18,21). The molecule has 1 aliphatic heterocycles. The van der Waals surface area contributed by atoms with Crippen LogP contribution in [0.2, 0.25) is 0 Å². The van der Waals surface area contributed by atoms with Crippen molar-refractivity contribution in [2.75, 3.05) is 12.4 Å². The van der Waals surface area contributed by atoms with Crippen LogP contribution in [0.4, 0.5) is 5.69 Å². The lowest BCUT2D eigenvalue weighted by Gasteiger charge is -2.12. The zero-order chi connectivity index (χ0) is 15.7. The first-order valence-electron chi connectivity index (χ1n) is 6.93. The molecule has 114 valence electrons. The second-order valence-electron chi connectivity index (χ2n) is 5.30. The Hall–Kier alpha value is -2.70. The fourth-order valence-electron chi connectivity index (χ4n) is 2.48. The average molecular weight is 301 g/mol. The number of amides is 2. The number of hydrogen-bond acceptors (Lipinski definition) is 5. The number of benzene rings is 1. The predicted octanol–water partition coefficient (Wildman–Crippen LogP) is 0.658. The van der Waals surface area contributed by atoms with E-state index in [1.165, 1.54) is 7.11 Å². The number of carbonyl (C=O) groups excluding carboxylic acids is 3. The van der Waals surface area contributed by atoms with Crippen LogP contribution in [0, 0.1) is 11.8 Å². The first kappa shape index (κ1) is 14.2. The van der Waals surface area contributed by atoms with E-state index in [0.29, 0.717) is 5.69 Å². The third-order valence-corrected chi connectivity index (χ3v) is 3.76. The Morgan fingerprint density at radius 1 is 1.32 bits per heavy atom. The number of fused-ring (bicyclic) bond motifs is 1. The van der Waals surface area contributed by atoms with Crippen LogP contribution in [-0.4, -0.2) is 30.6 Å². The molecule has 1 heterocycles. The van der Waals surface area contributed by atoms with Crippen LogP contribution in [0.1, 0.15) is 18.4 Å². The van der Waals surface area contributed by atoms with Gasteiger partial charge < -0.3 is 10.1 Å². The molecule has 2 N–H and O–H groups in total. The number of rotatable bonds is 4. The summed E-state index contributed by atoms with van der Waals surface area (Å²) in [6.45, 7) is 0. The maximum absolute atomic E-state index is 11.6. The highest BCUT2D eigenvalue weighted by molar-refractivity contribution is 6.09. The van der Waals surface area contributed by atoms with Crippen molar-refractivity contribution in [2.24, 2.45) is 16.9 Å². The monoisotopic (exact) mass is 301 g/mol. The van der Waals surface area contributed by atoms with Gasteiger partial charge in [-0.15, -0.1) is 0 Å². The highest BCUT2D eigenvalue weighted by atomic mass is 16.5. The third-order valence-electron chi connectivity index (χ3n) is 3.76. The number of methoxy groups -OCH3 is 1. The Bertz CT molecular complexity index is 666. The molecular weight excluding hydrogens is 286 g/mol. The van der Waals surface area contributed by atoms with E-state index in [1.807, 2.05) is 12.1 Å². The first-order chi connectivity index (χ1) is 10.6. The minimum atomic E-state index is -0.582. The van der Waals surface area contributed by atoms with Crippen molar-refractivity contribution in [3.05, 3.63) is 29.8 Å². The van der Waals surface area contributed by atoms with Crippen LogP contribution in [0.3, 0.4) is 0 Å². The van der Waals surface area contributed by atoms with E-state index in [4.69, 9.17) is 0 Å². The van der Waals surface area contributed by atoms with E-state index in [2.05, 4.69) is 20.6 Å². The molecular formula is C15H15N3O4. The summed E-state index contributed by atoms with van der Waals surface area (Å²) in [7, 11) is 1.24. The number of ether oxygens (including phenoxy) is 1. The SMILES string of the molecule is COC(=O)CC(=O)Nc1ccc(C2=NNC(=O)C3CC23)cc1. The van der Waals surface area contributed by atoms with Crippen molar-refractivity contribution in [3.63, 3.8) is 0 Å². The molecule has 7 nitrogen and oxygen atoms in total. The van der Waals surface area contributed by atoms with Crippen LogP contribution in [0.25, 0.3) is 0 Å². The minimum Gasteiger partial charge on any atom is -0.469 e. The van der Waals surface area contributed by atoms with Crippen molar-refractivity contribution in [3.8, 4) is 0 Å². The van der Waals surface area contributed by atoms with Gasteiger partial charge in [-0.3, -0.25) is 14.4 Å². The van der Waals surface area contributed by atoms with Gasteiger partial charge in [-0.2, -0.15) is 5.10 Å². The van der Waals surface area contributed by atoms with Gasteiger partial charge >= 0.3 is 5.97 Å². The molecule has 1 saturated carbocycles. The van der Waals surface area contributed by atoms with E-state index < -0.39 is 11.9 Å². The molecule has 0 aromatic heterocycles. The van der Waals surface area contributed by atoms with E-state index >= 15 is 0 Å². The molecule has 0 radical (unpaired) electrons. The van der Waals surface area contributed by atoms with Crippen LogP contribution in [0.5, 0.6) is 0 Å². The van der Waals surface area contributed by atoms with E-state index in [0.717, 1.165) is 17.7 Å². The van der Waals surface area contributed by atoms with Gasteiger partial charge in [0.05, 0.1) is 12.8 Å². The van der Waals surface area contributed by atoms with Crippen LogP contribution >= 0.6 is 0 Å². The van der Waals surface area contributed by atoms with Crippen LogP contribution in [0.15, 0.2) is 29.4 Å². The lowest BCUT2D eigenvalue weighted by Crippen LogP contribution is -2.28. The normalized spacial score (nSPS) is 22.0. The molecule has 0 spiro atoms. The molecule has 2 atom stereocenters. The zero-order valence-corrected chi connectivity index (χ0v) is 12.0. The Kier molecular flexibility index (Phi) is 3.62. The Morgan fingerprint density at radius 2 is 2.05 bits per heavy atom. The molecule has 1 aromatic rings. The molecule has 22 heavy (non-hydrogen) atoms. The highest BCUT2D eigenvalue weighted by Gasteiger charge is 2.49. The van der Waals surface area contributed by atoms with Crippen molar-refractivity contribution in [1.82, 2.24) is 5.43 Å². The lowest BCUT2D eigenvalue weighted by atomic mass is 10.0. The lowest BCUT2D eigenvalue weighted by molar-refractivity contribution is -0.142. The second-order valence-corrected chi connectivity index (χ2v) is 5.30. The smallest absolute Gasteiger partial charge is 0.315 e. The third kappa shape index (κ3) is 2.83. The quantitative estimate of drug-likeness (QED) is 0.630. The molecule has 1 aliphatic carbocycles. The van der Waals surface area contributed by atoms with E-state index in [9.17, 15) is 14.4 Å². The zero-order valence-electron chi connectivity index (χ0n) is 12.0. The van der Waals surface area contributed by atoms with Gasteiger partial charge in [0.25, 0.3) is 0 Å². The van der Waals surface area contributed by atoms with Gasteiger partial charge in [-0.25, -0.2) is 5.43 Å². The Morgan fingerprint density at radius 3 is 2.73 bits per heavy atom. The minimum absolute atomic E-state index is 0.0135. The predicted molar refractivity (Wildman–Crippen MR) is 78.0 cm³/mol. The number of anilines is 1. The van der Waals surface area contributed by atoms with Crippen LogP contribution in [-0.2, 0) is 19.1 Å². The number of hydrazone groups is 1. The number of esters is 1. The van der Waals surface area contributed by atoms with Gasteiger partial charge in [-0.05, 0) is 24.1 Å². The summed E-state index contributed by atoms with van der Waals surface area (Å²) in [6, 6.07) is 7.14. The molecule has 0 saturated heterocycles. The summed E-state index contributed by atoms with van der Waals surface area (Å²) in [5.41, 5.74) is 4.90. The largest absolute Gasteiger partial charge is 0.469 e. The number of nitrogens with zero attached hydrogens (tertiary/aromatic N) is 1. The van der Waals surface area contributed by atoms with Gasteiger partial charge in [0.1, 0.15) is 6.42 Å². The Labute approximate surface area is 126 Å². The molecule has 1 aromatic carbocycles. The first-order valence-corrected chi connectivity index (χ1v) is 6.93. The van der Waals surface area contributed by atoms with Crippen molar-refractivity contribution in [1.29, 1.82) is 0 Å². The molecule has 2 aliphatic rings. The Balaban J connectivity index is 1.65. The number of hydrogen-bond donors (Lipinski definition) is 2. The molecule has 2 unspecified atom stereocenters. The molecule has 0 bridgehead atoms. The van der Waals surface area contributed by atoms with Gasteiger partial charge in [0.2, 0.25) is 11.8 Å². The summed E-state index contributed by atoms with van der Waals surface area (Å²) < 4.78 is 4.43. The highest BCUT2D eigenvalue weighted by Crippen LogP contribution is 2.43. The number of nitrogens with one attached hydrogen (secondary N) is 2. The topological polar surface area (TPSA) is 96.9 Å². The van der Waals surface area contributed by atoms with Gasteiger partial charge in [0.15, 0.2) is 0 Å². The summed E-state index contributed by atoms with van der Waals surface area (Å²) >= 11 is 0. The second kappa shape index (κ2) is 5.59. The van der Waals surface area contributed by atoms with E-state index in [-0.39, 0.29) is 24.2 Å². The molecule has 3 rings (SSSR count). The van der Waals surface area contributed by atoms with E-state index in [1.54, 1.807) is 12.1 Å². The van der Waals surface area contributed by atoms with Gasteiger partial charge in [-0.1, -0.05) is 12.1 Å². The van der Waals surface area contributed by atoms with Crippen molar-refractivity contribution < 1.29 is 19.1 Å². The molecule has 7 heteroatoms. The molecule has 1 fully saturated rings. The molecule has 2 amide bonds. The number of carbonyl (C=O) groups is 3. The van der Waals surface area contributed by atoms with Crippen molar-refractivity contribution >= 4 is 29.2 Å². The summed E-state index contributed by atoms with van der Waals surface area (Å²) in [5.74, 6) is -0.772. The van der Waals surface area contributed by atoms with Crippen LogP contribution < -0.4 is 10.7 Å². The van der Waals surface area contributed by atoms with Crippen molar-refractivity contribution in [2.45, 2.75) is 12.8 Å².